The number of carbonyl (C=O) groups is 2. The normalized spacial score (nSPS) is 15.5. The van der Waals surface area contributed by atoms with E-state index in [-0.39, 0.29) is 11.6 Å². The largest absolute Gasteiger partial charge is 0.449 e. The van der Waals surface area contributed by atoms with Crippen LogP contribution in [0.5, 0.6) is 11.5 Å². The predicted octanol–water partition coefficient (Wildman–Crippen LogP) is 5.02. The van der Waals surface area contributed by atoms with E-state index in [0.29, 0.717) is 29.4 Å². The van der Waals surface area contributed by atoms with E-state index in [1.807, 2.05) is 66.7 Å². The van der Waals surface area contributed by atoms with E-state index in [4.69, 9.17) is 9.47 Å². The van der Waals surface area contributed by atoms with Crippen molar-refractivity contribution in [3.8, 4) is 11.5 Å². The molecule has 0 atom stereocenters. The first kappa shape index (κ1) is 18.1. The molecule has 0 radical (unpaired) electrons. The quantitative estimate of drug-likeness (QED) is 0.420. The lowest BCUT2D eigenvalue weighted by atomic mass is 9.85. The number of para-hydroxylation sites is 2. The van der Waals surface area contributed by atoms with Gasteiger partial charge in [0.05, 0.1) is 0 Å². The van der Waals surface area contributed by atoms with Crippen molar-refractivity contribution in [3.05, 3.63) is 119 Å². The number of hydrogen-bond donors (Lipinski definition) is 0. The lowest BCUT2D eigenvalue weighted by Gasteiger charge is -2.22. The number of fused-ring (bicyclic) bond motifs is 3. The van der Waals surface area contributed by atoms with Gasteiger partial charge < -0.3 is 9.47 Å². The maximum atomic E-state index is 12.1. The summed E-state index contributed by atoms with van der Waals surface area (Å²) in [6.07, 6.45) is 4.80. The van der Waals surface area contributed by atoms with Crippen LogP contribution in [0.25, 0.3) is 0 Å². The first-order chi connectivity index (χ1) is 14.7. The van der Waals surface area contributed by atoms with Crippen LogP contribution in [0.3, 0.4) is 0 Å². The Kier molecular flexibility index (Phi) is 4.52. The standard InChI is InChI=1S/C14H10O.C12H8O3/c15-14-12-7-3-1-5-10(12)9-11-6-2-4-8-13(11)14;13-8-4-3-7-11-12(8)15-10-6-2-1-5-9(10)14-11/h1-8H,9H2;1-3,5-7H,4H2. The molecule has 0 fully saturated rings. The highest BCUT2D eigenvalue weighted by molar-refractivity contribution is 6.12. The van der Waals surface area contributed by atoms with E-state index in [2.05, 4.69) is 0 Å². The molecule has 4 nitrogen and oxygen atoms in total. The van der Waals surface area contributed by atoms with Crippen LogP contribution in [0, 0.1) is 0 Å². The molecule has 0 aromatic heterocycles. The lowest BCUT2D eigenvalue weighted by molar-refractivity contribution is -0.117. The average Bonchev–Trinajstić information content (AvgIpc) is 2.79. The predicted molar refractivity (Wildman–Crippen MR) is 113 cm³/mol. The Morgan fingerprint density at radius 1 is 0.667 bits per heavy atom. The average molecular weight is 394 g/mol. The fraction of sp³-hybridized carbons (Fsp3) is 0.0769. The summed E-state index contributed by atoms with van der Waals surface area (Å²) in [7, 11) is 0. The molecule has 0 N–H and O–H groups in total. The molecule has 4 heteroatoms. The molecule has 0 saturated heterocycles. The smallest absolute Gasteiger partial charge is 0.213 e. The topological polar surface area (TPSA) is 52.6 Å². The van der Waals surface area contributed by atoms with E-state index in [1.54, 1.807) is 18.2 Å². The van der Waals surface area contributed by atoms with Gasteiger partial charge in [-0.2, -0.15) is 0 Å². The zero-order valence-corrected chi connectivity index (χ0v) is 16.1. The maximum absolute atomic E-state index is 12.1. The monoisotopic (exact) mass is 394 g/mol. The molecular weight excluding hydrogens is 376 g/mol. The maximum Gasteiger partial charge on any atom is 0.213 e. The van der Waals surface area contributed by atoms with Gasteiger partial charge in [-0.25, -0.2) is 0 Å². The van der Waals surface area contributed by atoms with Gasteiger partial charge in [-0.1, -0.05) is 66.7 Å². The molecule has 6 rings (SSSR count). The van der Waals surface area contributed by atoms with E-state index in [0.717, 1.165) is 28.7 Å². The first-order valence-corrected chi connectivity index (χ1v) is 9.80. The van der Waals surface area contributed by atoms with Gasteiger partial charge in [0.2, 0.25) is 11.5 Å². The highest BCUT2D eigenvalue weighted by Gasteiger charge is 2.26. The minimum absolute atomic E-state index is 0.0398. The molecule has 1 aliphatic heterocycles. The number of hydrogen-bond acceptors (Lipinski definition) is 4. The summed E-state index contributed by atoms with van der Waals surface area (Å²) in [6, 6.07) is 23.0. The Hall–Kier alpha value is -3.92. The Balaban J connectivity index is 0.000000128. The zero-order chi connectivity index (χ0) is 20.5. The van der Waals surface area contributed by atoms with Crippen molar-refractivity contribution in [1.82, 2.24) is 0 Å². The Morgan fingerprint density at radius 3 is 1.90 bits per heavy atom. The van der Waals surface area contributed by atoms with Crippen molar-refractivity contribution in [3.63, 3.8) is 0 Å². The van der Waals surface area contributed by atoms with Crippen molar-refractivity contribution >= 4 is 11.6 Å². The number of ketones is 2. The van der Waals surface area contributed by atoms with Crippen molar-refractivity contribution < 1.29 is 19.1 Å². The summed E-state index contributed by atoms with van der Waals surface area (Å²) < 4.78 is 11.1. The van der Waals surface area contributed by atoms with Crippen LogP contribution < -0.4 is 9.47 Å². The van der Waals surface area contributed by atoms with E-state index < -0.39 is 0 Å². The van der Waals surface area contributed by atoms with Gasteiger partial charge in [0.25, 0.3) is 0 Å². The van der Waals surface area contributed by atoms with Crippen LogP contribution in [0.2, 0.25) is 0 Å². The number of benzene rings is 3. The SMILES string of the molecule is O=C1CC=CC2=C1Oc1ccccc1O2.O=C1c2ccccc2Cc2ccccc21. The Labute approximate surface area is 174 Å². The fourth-order valence-corrected chi connectivity index (χ4v) is 3.76. The molecule has 0 spiro atoms. The number of allylic oxidation sites excluding steroid dienone is 3. The van der Waals surface area contributed by atoms with Crippen LogP contribution >= 0.6 is 0 Å². The van der Waals surface area contributed by atoms with Crippen molar-refractivity contribution in [1.29, 1.82) is 0 Å². The van der Waals surface area contributed by atoms with Crippen LogP contribution in [0.15, 0.2) is 96.5 Å². The Morgan fingerprint density at radius 2 is 1.23 bits per heavy atom. The Bertz CT molecular complexity index is 1190. The number of ether oxygens (including phenoxy) is 2. The minimum Gasteiger partial charge on any atom is -0.449 e. The molecule has 2 aliphatic carbocycles. The molecule has 1 heterocycles. The molecule has 0 unspecified atom stereocenters. The molecule has 30 heavy (non-hydrogen) atoms. The van der Waals surface area contributed by atoms with Gasteiger partial charge in [0, 0.05) is 17.5 Å². The second-order valence-corrected chi connectivity index (χ2v) is 7.19. The van der Waals surface area contributed by atoms with Gasteiger partial charge >= 0.3 is 0 Å². The van der Waals surface area contributed by atoms with Crippen molar-refractivity contribution in [2.45, 2.75) is 12.8 Å². The zero-order valence-electron chi connectivity index (χ0n) is 16.1. The molecule has 3 aromatic carbocycles. The molecule has 0 saturated carbocycles. The number of Topliss-reactive ketones (excluding diaryl/α,β-unsaturated/α-hetero) is 1. The third-order valence-electron chi connectivity index (χ3n) is 5.24. The second-order valence-electron chi connectivity index (χ2n) is 7.19. The van der Waals surface area contributed by atoms with Crippen molar-refractivity contribution in [2.24, 2.45) is 0 Å². The van der Waals surface area contributed by atoms with Gasteiger partial charge in [0.1, 0.15) is 0 Å². The number of rotatable bonds is 0. The van der Waals surface area contributed by atoms with Crippen LogP contribution in [0.1, 0.15) is 33.5 Å². The minimum atomic E-state index is -0.0398. The van der Waals surface area contributed by atoms with E-state index in [9.17, 15) is 9.59 Å². The summed E-state index contributed by atoms with van der Waals surface area (Å²) in [5.41, 5.74) is 4.00. The molecule has 3 aliphatic rings. The van der Waals surface area contributed by atoms with Gasteiger partial charge in [-0.05, 0) is 35.8 Å². The number of carbonyl (C=O) groups excluding carboxylic acids is 2. The van der Waals surface area contributed by atoms with E-state index in [1.165, 1.54) is 0 Å². The molecule has 146 valence electrons. The second kappa shape index (κ2) is 7.48. The van der Waals surface area contributed by atoms with Crippen LogP contribution in [-0.2, 0) is 11.2 Å². The summed E-state index contributed by atoms with van der Waals surface area (Å²) in [5, 5.41) is 0. The van der Waals surface area contributed by atoms with Crippen LogP contribution in [-0.4, -0.2) is 11.6 Å². The first-order valence-electron chi connectivity index (χ1n) is 9.80. The highest BCUT2D eigenvalue weighted by atomic mass is 16.6. The van der Waals surface area contributed by atoms with Gasteiger partial charge in [-0.15, -0.1) is 0 Å². The summed E-state index contributed by atoms with van der Waals surface area (Å²) in [5.74, 6) is 2.19. The van der Waals surface area contributed by atoms with Gasteiger partial charge in [-0.3, -0.25) is 9.59 Å². The van der Waals surface area contributed by atoms with Crippen LogP contribution in [0.4, 0.5) is 0 Å². The summed E-state index contributed by atoms with van der Waals surface area (Å²) >= 11 is 0. The molecule has 3 aromatic rings. The van der Waals surface area contributed by atoms with E-state index >= 15 is 0 Å². The fourth-order valence-electron chi connectivity index (χ4n) is 3.76. The highest BCUT2D eigenvalue weighted by Crippen LogP contribution is 2.36. The van der Waals surface area contributed by atoms with Gasteiger partial charge in [0.15, 0.2) is 23.0 Å². The van der Waals surface area contributed by atoms with Crippen molar-refractivity contribution in [2.75, 3.05) is 0 Å². The summed E-state index contributed by atoms with van der Waals surface area (Å²) in [6.45, 7) is 0. The lowest BCUT2D eigenvalue weighted by Crippen LogP contribution is -2.19. The third-order valence-corrected chi connectivity index (χ3v) is 5.24. The molecule has 0 amide bonds. The molecule has 0 bridgehead atoms. The summed E-state index contributed by atoms with van der Waals surface area (Å²) in [4.78, 5) is 23.6. The molecular formula is C26H18O4. The third kappa shape index (κ3) is 3.22.